The van der Waals surface area contributed by atoms with Gasteiger partial charge in [0.25, 0.3) is 0 Å². The highest BCUT2D eigenvalue weighted by molar-refractivity contribution is 7.10. The van der Waals surface area contributed by atoms with E-state index >= 15 is 0 Å². The highest BCUT2D eigenvalue weighted by atomic mass is 32.1. The molecule has 1 unspecified atom stereocenters. The van der Waals surface area contributed by atoms with E-state index in [9.17, 15) is 0 Å². The fourth-order valence-electron chi connectivity index (χ4n) is 2.06. The average molecular weight is 254 g/mol. The third-order valence-corrected chi connectivity index (χ3v) is 4.38. The topological polar surface area (TPSA) is 33.3 Å². The average Bonchev–Trinajstić information content (AvgIpc) is 2.84. The van der Waals surface area contributed by atoms with Crippen molar-refractivity contribution in [3.05, 3.63) is 22.4 Å². The lowest BCUT2D eigenvalue weighted by Gasteiger charge is -2.28. The molecule has 3 nitrogen and oxygen atoms in total. The van der Waals surface area contributed by atoms with Gasteiger partial charge >= 0.3 is 0 Å². The Morgan fingerprint density at radius 1 is 1.59 bits per heavy atom. The normalized spacial score (nSPS) is 21.6. The molecule has 96 valence electrons. The van der Waals surface area contributed by atoms with E-state index in [4.69, 9.17) is 4.74 Å². The van der Waals surface area contributed by atoms with Crippen LogP contribution in [-0.2, 0) is 10.2 Å². The summed E-state index contributed by atoms with van der Waals surface area (Å²) in [6.07, 6.45) is 0. The van der Waals surface area contributed by atoms with Crippen LogP contribution < -0.4 is 10.6 Å². The van der Waals surface area contributed by atoms with Gasteiger partial charge in [0.2, 0.25) is 0 Å². The molecule has 1 aromatic heterocycles. The van der Waals surface area contributed by atoms with Crippen LogP contribution in [0.15, 0.2) is 17.5 Å². The lowest BCUT2D eigenvalue weighted by molar-refractivity contribution is 0.0764. The summed E-state index contributed by atoms with van der Waals surface area (Å²) < 4.78 is 5.44. The Morgan fingerprint density at radius 3 is 3.12 bits per heavy atom. The van der Waals surface area contributed by atoms with Crippen LogP contribution in [0.3, 0.4) is 0 Å². The van der Waals surface area contributed by atoms with Crippen molar-refractivity contribution in [1.82, 2.24) is 10.6 Å². The molecule has 0 aromatic carbocycles. The molecule has 2 heterocycles. The summed E-state index contributed by atoms with van der Waals surface area (Å²) in [4.78, 5) is 1.44. The predicted molar refractivity (Wildman–Crippen MR) is 72.8 cm³/mol. The Balaban J connectivity index is 1.74. The van der Waals surface area contributed by atoms with Gasteiger partial charge in [0.1, 0.15) is 0 Å². The van der Waals surface area contributed by atoms with Crippen LogP contribution in [0, 0.1) is 0 Å². The molecule has 0 aliphatic carbocycles. The van der Waals surface area contributed by atoms with Crippen molar-refractivity contribution in [3.8, 4) is 0 Å². The van der Waals surface area contributed by atoms with Gasteiger partial charge in [-0.15, -0.1) is 11.3 Å². The molecule has 0 radical (unpaired) electrons. The molecular weight excluding hydrogens is 232 g/mol. The number of nitrogens with one attached hydrogen (secondary N) is 2. The Bertz CT molecular complexity index is 318. The molecule has 1 aromatic rings. The van der Waals surface area contributed by atoms with E-state index in [1.54, 1.807) is 0 Å². The molecule has 2 N–H and O–H groups in total. The van der Waals surface area contributed by atoms with Gasteiger partial charge in [-0.3, -0.25) is 0 Å². The number of ether oxygens (including phenoxy) is 1. The zero-order valence-corrected chi connectivity index (χ0v) is 11.5. The van der Waals surface area contributed by atoms with Crippen LogP contribution in [0.4, 0.5) is 0 Å². The molecule has 1 aliphatic heterocycles. The van der Waals surface area contributed by atoms with Crippen molar-refractivity contribution in [2.75, 3.05) is 32.8 Å². The molecule has 1 fully saturated rings. The van der Waals surface area contributed by atoms with Crippen LogP contribution in [0.25, 0.3) is 0 Å². The van der Waals surface area contributed by atoms with Gasteiger partial charge in [-0.2, -0.15) is 0 Å². The van der Waals surface area contributed by atoms with Crippen molar-refractivity contribution in [2.45, 2.75) is 25.3 Å². The van der Waals surface area contributed by atoms with Crippen molar-refractivity contribution < 1.29 is 4.74 Å². The van der Waals surface area contributed by atoms with E-state index < -0.39 is 0 Å². The third kappa shape index (κ3) is 3.78. The first-order valence-corrected chi connectivity index (χ1v) is 7.12. The third-order valence-electron chi connectivity index (χ3n) is 3.14. The van der Waals surface area contributed by atoms with Gasteiger partial charge in [0, 0.05) is 36.0 Å². The predicted octanol–water partition coefficient (Wildman–Crippen LogP) is 1.60. The summed E-state index contributed by atoms with van der Waals surface area (Å²) in [5, 5.41) is 9.15. The number of hydrogen-bond acceptors (Lipinski definition) is 4. The SMILES string of the molecule is CC(C)(CNCC1COCCN1)c1cccs1. The van der Waals surface area contributed by atoms with Gasteiger partial charge in [0.05, 0.1) is 13.2 Å². The Kier molecular flexibility index (Phi) is 4.56. The highest BCUT2D eigenvalue weighted by Crippen LogP contribution is 2.26. The Morgan fingerprint density at radius 2 is 2.47 bits per heavy atom. The van der Waals surface area contributed by atoms with Gasteiger partial charge in [-0.25, -0.2) is 0 Å². The fourth-order valence-corrected chi connectivity index (χ4v) is 2.91. The molecule has 1 atom stereocenters. The summed E-state index contributed by atoms with van der Waals surface area (Å²) >= 11 is 1.84. The minimum Gasteiger partial charge on any atom is -0.378 e. The largest absolute Gasteiger partial charge is 0.378 e. The van der Waals surface area contributed by atoms with E-state index in [1.165, 1.54) is 4.88 Å². The fraction of sp³-hybridized carbons (Fsp3) is 0.692. The zero-order valence-electron chi connectivity index (χ0n) is 10.7. The number of hydrogen-bond donors (Lipinski definition) is 2. The monoisotopic (exact) mass is 254 g/mol. The first kappa shape index (κ1) is 13.0. The minimum atomic E-state index is 0.212. The van der Waals surface area contributed by atoms with Crippen molar-refractivity contribution in [3.63, 3.8) is 0 Å². The highest BCUT2D eigenvalue weighted by Gasteiger charge is 2.22. The van der Waals surface area contributed by atoms with E-state index in [0.717, 1.165) is 32.8 Å². The minimum absolute atomic E-state index is 0.212. The molecule has 4 heteroatoms. The molecule has 0 saturated carbocycles. The Labute approximate surface area is 108 Å². The summed E-state index contributed by atoms with van der Waals surface area (Å²) in [6, 6.07) is 4.80. The molecule has 2 rings (SSSR count). The lowest BCUT2D eigenvalue weighted by Crippen LogP contribution is -2.48. The number of rotatable bonds is 5. The lowest BCUT2D eigenvalue weighted by atomic mass is 9.91. The van der Waals surface area contributed by atoms with Gasteiger partial charge in [0.15, 0.2) is 0 Å². The van der Waals surface area contributed by atoms with Gasteiger partial charge in [-0.05, 0) is 11.4 Å². The van der Waals surface area contributed by atoms with Crippen LogP contribution in [0.1, 0.15) is 18.7 Å². The second-order valence-corrected chi connectivity index (χ2v) is 6.17. The van der Waals surface area contributed by atoms with Crippen LogP contribution in [0.2, 0.25) is 0 Å². The van der Waals surface area contributed by atoms with E-state index in [2.05, 4.69) is 42.0 Å². The summed E-state index contributed by atoms with van der Waals surface area (Å²) in [5.74, 6) is 0. The van der Waals surface area contributed by atoms with Crippen molar-refractivity contribution in [1.29, 1.82) is 0 Å². The maximum absolute atomic E-state index is 5.44. The van der Waals surface area contributed by atoms with Crippen molar-refractivity contribution in [2.24, 2.45) is 0 Å². The molecule has 0 spiro atoms. The van der Waals surface area contributed by atoms with E-state index in [1.807, 2.05) is 11.3 Å². The first-order valence-electron chi connectivity index (χ1n) is 6.24. The molecule has 0 amide bonds. The van der Waals surface area contributed by atoms with Crippen LogP contribution in [-0.4, -0.2) is 38.9 Å². The molecule has 0 bridgehead atoms. The molecular formula is C13H22N2OS. The first-order chi connectivity index (χ1) is 8.18. The van der Waals surface area contributed by atoms with Gasteiger partial charge < -0.3 is 15.4 Å². The number of thiophene rings is 1. The number of morpholine rings is 1. The van der Waals surface area contributed by atoms with Crippen molar-refractivity contribution >= 4 is 11.3 Å². The molecule has 1 saturated heterocycles. The van der Waals surface area contributed by atoms with Gasteiger partial charge in [-0.1, -0.05) is 19.9 Å². The smallest absolute Gasteiger partial charge is 0.0632 e. The van der Waals surface area contributed by atoms with Crippen LogP contribution >= 0.6 is 11.3 Å². The maximum Gasteiger partial charge on any atom is 0.0632 e. The van der Waals surface area contributed by atoms with E-state index in [0.29, 0.717) is 6.04 Å². The quantitative estimate of drug-likeness (QED) is 0.837. The summed E-state index contributed by atoms with van der Waals surface area (Å²) in [6.45, 7) is 9.21. The second kappa shape index (κ2) is 5.96. The van der Waals surface area contributed by atoms with E-state index in [-0.39, 0.29) is 5.41 Å². The summed E-state index contributed by atoms with van der Waals surface area (Å²) in [7, 11) is 0. The van der Waals surface area contributed by atoms with Crippen LogP contribution in [0.5, 0.6) is 0 Å². The molecule has 1 aliphatic rings. The summed E-state index contributed by atoms with van der Waals surface area (Å²) in [5.41, 5.74) is 0.212. The zero-order chi connectivity index (χ0) is 12.1. The standard InChI is InChI=1S/C13H22N2OS/c1-13(2,12-4-3-7-17-12)10-14-8-11-9-16-6-5-15-11/h3-4,7,11,14-15H,5-6,8-10H2,1-2H3. The molecule has 17 heavy (non-hydrogen) atoms. The Hall–Kier alpha value is -0.420. The second-order valence-electron chi connectivity index (χ2n) is 5.22. The maximum atomic E-state index is 5.44.